The first-order valence-corrected chi connectivity index (χ1v) is 6.30. The molecule has 2 unspecified atom stereocenters. The molecule has 104 valence electrons. The van der Waals surface area contributed by atoms with Gasteiger partial charge in [-0.15, -0.1) is 0 Å². The number of nitrogens with one attached hydrogen (secondary N) is 1. The summed E-state index contributed by atoms with van der Waals surface area (Å²) in [6, 6.07) is -1.33. The lowest BCUT2D eigenvalue weighted by molar-refractivity contribution is -0.140. The highest BCUT2D eigenvalue weighted by Gasteiger charge is 2.35. The summed E-state index contributed by atoms with van der Waals surface area (Å²) in [4.78, 5) is 24.8. The molecule has 2 atom stereocenters. The van der Waals surface area contributed by atoms with Crippen LogP contribution in [0, 0.1) is 5.92 Å². The number of amides is 3. The minimum absolute atomic E-state index is 0.0446. The molecule has 0 aliphatic carbocycles. The normalized spacial score (nSPS) is 25.9. The molecule has 4 N–H and O–H groups in total. The number of nitrogens with two attached hydrogens (primary N) is 1. The van der Waals surface area contributed by atoms with Crippen molar-refractivity contribution in [1.82, 2.24) is 10.2 Å². The highest BCUT2D eigenvalue weighted by Crippen LogP contribution is 2.21. The Kier molecular flexibility index (Phi) is 4.56. The van der Waals surface area contributed by atoms with Crippen molar-refractivity contribution in [2.45, 2.75) is 45.3 Å². The number of hydrogen-bond acceptors (Lipinski definition) is 3. The molecule has 6 heteroatoms. The van der Waals surface area contributed by atoms with E-state index in [-0.39, 0.29) is 11.8 Å². The van der Waals surface area contributed by atoms with Gasteiger partial charge in [-0.25, -0.2) is 4.79 Å². The van der Waals surface area contributed by atoms with E-state index in [2.05, 4.69) is 5.32 Å². The number of carbonyl (C=O) groups excluding carboxylic acids is 2. The van der Waals surface area contributed by atoms with E-state index in [0.717, 1.165) is 6.42 Å². The number of primary amides is 1. The quantitative estimate of drug-likeness (QED) is 0.666. The van der Waals surface area contributed by atoms with E-state index in [1.165, 1.54) is 0 Å². The summed E-state index contributed by atoms with van der Waals surface area (Å²) in [5.74, 6) is -0.222. The van der Waals surface area contributed by atoms with Gasteiger partial charge in [0.1, 0.15) is 6.04 Å². The van der Waals surface area contributed by atoms with Crippen LogP contribution in [0.2, 0.25) is 0 Å². The minimum atomic E-state index is -0.845. The molecule has 0 aromatic heterocycles. The van der Waals surface area contributed by atoms with Gasteiger partial charge in [-0.1, -0.05) is 13.8 Å². The number of β-amino-alcohol motifs (C(OH)–C–C–N with tert-alkyl or cyclic N) is 1. The van der Waals surface area contributed by atoms with Gasteiger partial charge in [-0.3, -0.25) is 4.79 Å². The van der Waals surface area contributed by atoms with Crippen LogP contribution in [0.5, 0.6) is 0 Å². The van der Waals surface area contributed by atoms with Crippen molar-refractivity contribution in [1.29, 1.82) is 0 Å². The van der Waals surface area contributed by atoms with Gasteiger partial charge in [0.15, 0.2) is 0 Å². The van der Waals surface area contributed by atoms with E-state index in [9.17, 15) is 14.7 Å². The van der Waals surface area contributed by atoms with E-state index in [1.807, 2.05) is 13.8 Å². The van der Waals surface area contributed by atoms with Gasteiger partial charge in [0.05, 0.1) is 5.60 Å². The Morgan fingerprint density at radius 3 is 2.50 bits per heavy atom. The topological polar surface area (TPSA) is 95.7 Å². The average Bonchev–Trinajstić information content (AvgIpc) is 2.23. The molecule has 0 radical (unpaired) electrons. The van der Waals surface area contributed by atoms with Crippen LogP contribution in [0.1, 0.15) is 33.6 Å². The molecule has 0 aromatic carbocycles. The van der Waals surface area contributed by atoms with Crippen LogP contribution in [0.3, 0.4) is 0 Å². The number of hydrogen-bond donors (Lipinski definition) is 3. The summed E-state index contributed by atoms with van der Waals surface area (Å²) in [5.41, 5.74) is 4.24. The monoisotopic (exact) mass is 257 g/mol. The predicted molar refractivity (Wildman–Crippen MR) is 67.8 cm³/mol. The number of rotatable bonds is 3. The first kappa shape index (κ1) is 14.8. The summed E-state index contributed by atoms with van der Waals surface area (Å²) < 4.78 is 0. The fourth-order valence-electron chi connectivity index (χ4n) is 2.27. The van der Waals surface area contributed by atoms with Gasteiger partial charge in [0.25, 0.3) is 0 Å². The number of likely N-dealkylation sites (tertiary alicyclic amines) is 1. The third-order valence-electron chi connectivity index (χ3n) is 3.22. The zero-order valence-electron chi connectivity index (χ0n) is 11.3. The molecule has 6 nitrogen and oxygen atoms in total. The Morgan fingerprint density at radius 2 is 2.06 bits per heavy atom. The van der Waals surface area contributed by atoms with E-state index in [4.69, 9.17) is 5.73 Å². The predicted octanol–water partition coefficient (Wildman–Crippen LogP) is 0.0527. The van der Waals surface area contributed by atoms with Crippen molar-refractivity contribution in [3.63, 3.8) is 0 Å². The van der Waals surface area contributed by atoms with Crippen molar-refractivity contribution < 1.29 is 14.7 Å². The van der Waals surface area contributed by atoms with Crippen molar-refractivity contribution in [3.8, 4) is 0 Å². The summed E-state index contributed by atoms with van der Waals surface area (Å²) in [5, 5.41) is 12.5. The third kappa shape index (κ3) is 3.87. The highest BCUT2D eigenvalue weighted by molar-refractivity contribution is 5.87. The van der Waals surface area contributed by atoms with Gasteiger partial charge in [-0.05, 0) is 25.7 Å². The van der Waals surface area contributed by atoms with E-state index >= 15 is 0 Å². The number of aliphatic hydroxyl groups is 1. The maximum atomic E-state index is 12.3. The van der Waals surface area contributed by atoms with E-state index in [0.29, 0.717) is 19.5 Å². The van der Waals surface area contributed by atoms with E-state index in [1.54, 1.807) is 11.8 Å². The van der Waals surface area contributed by atoms with Crippen molar-refractivity contribution in [3.05, 3.63) is 0 Å². The molecule has 0 saturated carbocycles. The van der Waals surface area contributed by atoms with Crippen molar-refractivity contribution in [2.75, 3.05) is 13.1 Å². The SMILES string of the molecule is CC(C)C(NC(N)=O)C(=O)N1CCCC(C)(O)C1. The largest absolute Gasteiger partial charge is 0.388 e. The zero-order chi connectivity index (χ0) is 13.9. The summed E-state index contributed by atoms with van der Waals surface area (Å²) in [7, 11) is 0. The average molecular weight is 257 g/mol. The Bertz CT molecular complexity index is 329. The second kappa shape index (κ2) is 5.56. The van der Waals surface area contributed by atoms with Gasteiger partial charge in [0.2, 0.25) is 5.91 Å². The van der Waals surface area contributed by atoms with Crippen LogP contribution < -0.4 is 11.1 Å². The second-order valence-electron chi connectivity index (χ2n) is 5.59. The lowest BCUT2D eigenvalue weighted by Crippen LogP contribution is -2.57. The number of carbonyl (C=O) groups is 2. The maximum Gasteiger partial charge on any atom is 0.312 e. The second-order valence-corrected chi connectivity index (χ2v) is 5.59. The van der Waals surface area contributed by atoms with Gasteiger partial charge >= 0.3 is 6.03 Å². The molecular formula is C12H23N3O3. The van der Waals surface area contributed by atoms with Gasteiger partial charge in [0, 0.05) is 13.1 Å². The minimum Gasteiger partial charge on any atom is -0.388 e. The molecule has 1 aliphatic rings. The number of nitrogens with zero attached hydrogens (tertiary/aromatic N) is 1. The van der Waals surface area contributed by atoms with Gasteiger partial charge in [-0.2, -0.15) is 0 Å². The van der Waals surface area contributed by atoms with Crippen LogP contribution in [0.25, 0.3) is 0 Å². The molecule has 0 bridgehead atoms. The van der Waals surface area contributed by atoms with Crippen LogP contribution in [0.15, 0.2) is 0 Å². The molecule has 18 heavy (non-hydrogen) atoms. The van der Waals surface area contributed by atoms with Crippen LogP contribution in [-0.2, 0) is 4.79 Å². The highest BCUT2D eigenvalue weighted by atomic mass is 16.3. The summed E-state index contributed by atoms with van der Waals surface area (Å²) >= 11 is 0. The fourth-order valence-corrected chi connectivity index (χ4v) is 2.27. The lowest BCUT2D eigenvalue weighted by atomic mass is 9.93. The van der Waals surface area contributed by atoms with Crippen molar-refractivity contribution >= 4 is 11.9 Å². The Morgan fingerprint density at radius 1 is 1.44 bits per heavy atom. The smallest absolute Gasteiger partial charge is 0.312 e. The number of urea groups is 1. The molecule has 1 aliphatic heterocycles. The summed E-state index contributed by atoms with van der Waals surface area (Å²) in [6.45, 7) is 6.33. The first-order valence-electron chi connectivity index (χ1n) is 6.30. The van der Waals surface area contributed by atoms with E-state index < -0.39 is 17.7 Å². The zero-order valence-corrected chi connectivity index (χ0v) is 11.3. The molecule has 0 aromatic rings. The molecule has 1 heterocycles. The molecule has 0 spiro atoms. The molecule has 1 rings (SSSR count). The standard InChI is InChI=1S/C12H23N3O3/c1-8(2)9(14-11(13)17)10(16)15-6-4-5-12(3,18)7-15/h8-9,18H,4-7H2,1-3H3,(H3,13,14,17). The third-order valence-corrected chi connectivity index (χ3v) is 3.22. The molecular weight excluding hydrogens is 234 g/mol. The van der Waals surface area contributed by atoms with Crippen molar-refractivity contribution in [2.24, 2.45) is 11.7 Å². The Balaban J connectivity index is 2.73. The lowest BCUT2D eigenvalue weighted by Gasteiger charge is -2.39. The number of piperidine rings is 1. The Labute approximate surface area is 108 Å². The first-order chi connectivity index (χ1) is 8.23. The van der Waals surface area contributed by atoms with Crippen LogP contribution in [-0.4, -0.2) is 46.7 Å². The Hall–Kier alpha value is -1.30. The fraction of sp³-hybridized carbons (Fsp3) is 0.833. The molecule has 3 amide bonds. The molecule has 1 fully saturated rings. The molecule has 1 saturated heterocycles. The summed E-state index contributed by atoms with van der Waals surface area (Å²) in [6.07, 6.45) is 1.45. The van der Waals surface area contributed by atoms with Crippen LogP contribution in [0.4, 0.5) is 4.79 Å². The van der Waals surface area contributed by atoms with Crippen LogP contribution >= 0.6 is 0 Å². The van der Waals surface area contributed by atoms with Gasteiger partial charge < -0.3 is 21.1 Å². The maximum absolute atomic E-state index is 12.3.